The second-order valence-electron chi connectivity index (χ2n) is 9.73. The molecule has 0 aliphatic carbocycles. The molecule has 0 unspecified atom stereocenters. The van der Waals surface area contributed by atoms with Gasteiger partial charge in [0, 0.05) is 31.7 Å². The third kappa shape index (κ3) is 4.67. The van der Waals surface area contributed by atoms with Crippen LogP contribution in [0.2, 0.25) is 0 Å². The van der Waals surface area contributed by atoms with Gasteiger partial charge in [0.05, 0.1) is 5.69 Å². The molecular weight excluding hydrogens is 466 g/mol. The lowest BCUT2D eigenvalue weighted by Crippen LogP contribution is -2.34. The first-order chi connectivity index (χ1) is 17.9. The first kappa shape index (κ1) is 24.5. The van der Waals surface area contributed by atoms with Gasteiger partial charge >= 0.3 is 0 Å². The summed E-state index contributed by atoms with van der Waals surface area (Å²) in [6.45, 7) is 7.75. The Kier molecular flexibility index (Phi) is 6.65. The quantitative estimate of drug-likeness (QED) is 0.421. The lowest BCUT2D eigenvalue weighted by molar-refractivity contribution is 0.0784. The van der Waals surface area contributed by atoms with Crippen LogP contribution < -0.4 is 5.56 Å². The van der Waals surface area contributed by atoms with E-state index in [1.165, 1.54) is 4.57 Å². The molecule has 37 heavy (non-hydrogen) atoms. The Balaban J connectivity index is 1.60. The molecule has 0 spiro atoms. The zero-order valence-corrected chi connectivity index (χ0v) is 21.3. The summed E-state index contributed by atoms with van der Waals surface area (Å²) in [6, 6.07) is 19.5. The van der Waals surface area contributed by atoms with Crippen LogP contribution in [0, 0.1) is 0 Å². The van der Waals surface area contributed by atoms with Crippen LogP contribution in [-0.2, 0) is 6.54 Å². The third-order valence-corrected chi connectivity index (χ3v) is 7.02. The maximum Gasteiger partial charge on any atom is 0.290 e. The van der Waals surface area contributed by atoms with E-state index in [0.717, 1.165) is 17.5 Å². The van der Waals surface area contributed by atoms with Gasteiger partial charge in [0.25, 0.3) is 11.5 Å². The van der Waals surface area contributed by atoms with Crippen LogP contribution in [0.25, 0.3) is 17.2 Å². The van der Waals surface area contributed by atoms with Gasteiger partial charge < -0.3 is 10.0 Å². The lowest BCUT2D eigenvalue weighted by Gasteiger charge is -2.20. The van der Waals surface area contributed by atoms with E-state index in [1.54, 1.807) is 21.8 Å². The number of nitrogens with zero attached hydrogens (tertiary/aromatic N) is 5. The number of hydrogen-bond donors (Lipinski definition) is 1. The minimum Gasteiger partial charge on any atom is -0.493 e. The van der Waals surface area contributed by atoms with Crippen LogP contribution in [0.5, 0.6) is 5.88 Å². The van der Waals surface area contributed by atoms with Crippen LogP contribution in [0.15, 0.2) is 71.7 Å². The van der Waals surface area contributed by atoms with Gasteiger partial charge in [0.1, 0.15) is 5.69 Å². The zero-order chi connectivity index (χ0) is 26.1. The van der Waals surface area contributed by atoms with Crippen molar-refractivity contribution in [3.05, 3.63) is 93.9 Å². The van der Waals surface area contributed by atoms with E-state index in [9.17, 15) is 14.7 Å². The van der Waals surface area contributed by atoms with Gasteiger partial charge in [0.15, 0.2) is 11.4 Å². The Bertz CT molecular complexity index is 1490. The normalized spacial score (nSPS) is 15.5. The summed E-state index contributed by atoms with van der Waals surface area (Å²) < 4.78 is 3.19. The number of aryl methyl sites for hydroxylation is 1. The van der Waals surface area contributed by atoms with E-state index in [-0.39, 0.29) is 23.2 Å². The third-order valence-electron chi connectivity index (χ3n) is 7.02. The molecule has 1 amide bonds. The number of aromatic nitrogens is 4. The van der Waals surface area contributed by atoms with Crippen molar-refractivity contribution in [3.63, 3.8) is 0 Å². The Morgan fingerprint density at radius 3 is 2.59 bits per heavy atom. The predicted octanol–water partition coefficient (Wildman–Crippen LogP) is 4.57. The minimum absolute atomic E-state index is 0.183. The fourth-order valence-corrected chi connectivity index (χ4v) is 4.89. The first-order valence-electron chi connectivity index (χ1n) is 12.7. The van der Waals surface area contributed by atoms with Gasteiger partial charge in [-0.15, -0.1) is 0 Å². The molecule has 2 aromatic carbocycles. The number of aromatic hydroxyl groups is 1. The van der Waals surface area contributed by atoms with Gasteiger partial charge in [-0.25, -0.2) is 0 Å². The Hall–Kier alpha value is -4.20. The molecule has 1 aliphatic heterocycles. The molecule has 0 radical (unpaired) electrons. The minimum atomic E-state index is -0.761. The van der Waals surface area contributed by atoms with Gasteiger partial charge in [0.2, 0.25) is 5.88 Å². The van der Waals surface area contributed by atoms with Crippen molar-refractivity contribution in [1.29, 1.82) is 0 Å². The van der Waals surface area contributed by atoms with E-state index < -0.39 is 17.3 Å². The Labute approximate surface area is 215 Å². The zero-order valence-electron chi connectivity index (χ0n) is 21.3. The molecule has 1 N–H and O–H groups in total. The molecule has 5 rings (SSSR count). The number of hydrogen-bond acceptors (Lipinski definition) is 5. The van der Waals surface area contributed by atoms with Crippen LogP contribution in [-0.4, -0.2) is 48.3 Å². The summed E-state index contributed by atoms with van der Waals surface area (Å²) in [6.07, 6.45) is 2.58. The number of amides is 1. The summed E-state index contributed by atoms with van der Waals surface area (Å²) in [5.74, 6) is -0.307. The van der Waals surface area contributed by atoms with Crippen LogP contribution >= 0.6 is 0 Å². The van der Waals surface area contributed by atoms with Crippen LogP contribution in [0.3, 0.4) is 0 Å². The molecule has 1 aliphatic rings. The molecule has 1 fully saturated rings. The number of carbonyl (C=O) groups excluding carboxylic acids is 1. The maximum absolute atomic E-state index is 13.6. The van der Waals surface area contributed by atoms with Gasteiger partial charge in [-0.2, -0.15) is 10.1 Å². The summed E-state index contributed by atoms with van der Waals surface area (Å²) in [7, 11) is 0. The summed E-state index contributed by atoms with van der Waals surface area (Å²) >= 11 is 0. The number of carbonyl (C=O) groups is 1. The van der Waals surface area contributed by atoms with E-state index in [4.69, 9.17) is 0 Å². The Morgan fingerprint density at radius 1 is 1.11 bits per heavy atom. The standard InChI is InChI=1S/C29H31N5O3/c1-4-33-16-14-24(31-33)26-30-27(35)25(29(37)34(26)23-12-8-11-21(17-23)19(2)3)28(36)32-15-13-22(18-32)20-9-6-5-7-10-20/h5-12,14,16-17,19,22,37H,4,13,15,18H2,1-3H3/t22-/m1/s1. The van der Waals surface area contributed by atoms with Gasteiger partial charge in [-0.3, -0.25) is 18.8 Å². The highest BCUT2D eigenvalue weighted by Crippen LogP contribution is 2.32. The van der Waals surface area contributed by atoms with Crippen LogP contribution in [0.4, 0.5) is 0 Å². The van der Waals surface area contributed by atoms with E-state index >= 15 is 0 Å². The second-order valence-corrected chi connectivity index (χ2v) is 9.73. The molecule has 2 aromatic heterocycles. The van der Waals surface area contributed by atoms with Gasteiger partial charge in [-0.1, -0.05) is 56.3 Å². The molecule has 4 aromatic rings. The van der Waals surface area contributed by atoms with E-state index in [0.29, 0.717) is 31.0 Å². The summed E-state index contributed by atoms with van der Waals surface area (Å²) in [5, 5.41) is 16.0. The molecule has 0 saturated carbocycles. The average Bonchev–Trinajstić information content (AvgIpc) is 3.59. The topological polar surface area (TPSA) is 93.3 Å². The monoisotopic (exact) mass is 497 g/mol. The number of rotatable bonds is 6. The SMILES string of the molecule is CCn1ccc(-c2nc(=O)c(C(=O)N3CC[C@@H](c4ccccc4)C3)c(O)n2-c2cccc(C(C)C)c2)n1. The van der Waals surface area contributed by atoms with Crippen molar-refractivity contribution < 1.29 is 9.90 Å². The van der Waals surface area contributed by atoms with E-state index in [1.807, 2.05) is 49.4 Å². The van der Waals surface area contributed by atoms with Crippen molar-refractivity contribution in [2.75, 3.05) is 13.1 Å². The molecule has 3 heterocycles. The smallest absolute Gasteiger partial charge is 0.290 e. The van der Waals surface area contributed by atoms with Crippen molar-refractivity contribution in [2.24, 2.45) is 0 Å². The maximum atomic E-state index is 13.6. The molecular formula is C29H31N5O3. The molecule has 1 saturated heterocycles. The molecule has 190 valence electrons. The number of benzene rings is 2. The highest BCUT2D eigenvalue weighted by molar-refractivity contribution is 5.96. The summed E-state index contributed by atoms with van der Waals surface area (Å²) in [5.41, 5.74) is 2.18. The van der Waals surface area contributed by atoms with E-state index in [2.05, 4.69) is 36.1 Å². The summed E-state index contributed by atoms with van der Waals surface area (Å²) in [4.78, 5) is 32.8. The number of likely N-dealkylation sites (tertiary alicyclic amines) is 1. The van der Waals surface area contributed by atoms with Crippen molar-refractivity contribution >= 4 is 5.91 Å². The van der Waals surface area contributed by atoms with Crippen molar-refractivity contribution in [3.8, 4) is 23.1 Å². The predicted molar refractivity (Wildman–Crippen MR) is 142 cm³/mol. The highest BCUT2D eigenvalue weighted by Gasteiger charge is 2.33. The fourth-order valence-electron chi connectivity index (χ4n) is 4.89. The second kappa shape index (κ2) is 10.0. The molecule has 1 atom stereocenters. The van der Waals surface area contributed by atoms with Gasteiger partial charge in [-0.05, 0) is 48.6 Å². The van der Waals surface area contributed by atoms with Crippen molar-refractivity contribution in [1.82, 2.24) is 24.2 Å². The molecule has 8 heteroatoms. The van der Waals surface area contributed by atoms with Crippen LogP contribution in [0.1, 0.15) is 60.5 Å². The first-order valence-corrected chi connectivity index (χ1v) is 12.7. The highest BCUT2D eigenvalue weighted by atomic mass is 16.3. The van der Waals surface area contributed by atoms with Crippen molar-refractivity contribution in [2.45, 2.75) is 45.6 Å². The fraction of sp³-hybridized carbons (Fsp3) is 0.310. The molecule has 0 bridgehead atoms. The Morgan fingerprint density at radius 2 is 1.89 bits per heavy atom. The largest absolute Gasteiger partial charge is 0.493 e. The lowest BCUT2D eigenvalue weighted by atomic mass is 9.99. The molecule has 8 nitrogen and oxygen atoms in total. The average molecular weight is 498 g/mol.